The topological polar surface area (TPSA) is 93.6 Å². The lowest BCUT2D eigenvalue weighted by Gasteiger charge is -2.19. The van der Waals surface area contributed by atoms with Crippen LogP contribution >= 0.6 is 39.1 Å². The molecule has 10 heteroatoms. The molecule has 6 rings (SSSR count). The van der Waals surface area contributed by atoms with Gasteiger partial charge in [-0.2, -0.15) is 0 Å². The van der Waals surface area contributed by atoms with Gasteiger partial charge in [-0.05, 0) is 79.9 Å². The van der Waals surface area contributed by atoms with Gasteiger partial charge in [-0.1, -0.05) is 52.5 Å². The van der Waals surface area contributed by atoms with Crippen LogP contribution in [0.5, 0.6) is 0 Å². The number of ether oxygens (including phenoxy) is 1. The number of alkyl halides is 1. The van der Waals surface area contributed by atoms with Crippen molar-refractivity contribution < 1.29 is 23.9 Å². The number of anilines is 1. The fourth-order valence-corrected chi connectivity index (χ4v) is 7.20. The van der Waals surface area contributed by atoms with Crippen LogP contribution in [0.3, 0.4) is 0 Å². The van der Waals surface area contributed by atoms with E-state index in [0.717, 1.165) is 35.7 Å². The van der Waals surface area contributed by atoms with Gasteiger partial charge >= 0.3 is 5.97 Å². The molecule has 1 aliphatic heterocycles. The van der Waals surface area contributed by atoms with Crippen molar-refractivity contribution in [2.45, 2.75) is 45.1 Å². The van der Waals surface area contributed by atoms with Crippen LogP contribution in [0.25, 0.3) is 22.2 Å². The van der Waals surface area contributed by atoms with E-state index in [2.05, 4.69) is 15.9 Å². The van der Waals surface area contributed by atoms with Gasteiger partial charge in [0.1, 0.15) is 0 Å². The zero-order valence-corrected chi connectivity index (χ0v) is 27.5. The van der Waals surface area contributed by atoms with E-state index < -0.39 is 12.1 Å². The highest BCUT2D eigenvalue weighted by molar-refractivity contribution is 9.10. The number of hydrogen-bond donors (Lipinski definition) is 0. The van der Waals surface area contributed by atoms with E-state index in [-0.39, 0.29) is 47.3 Å². The molecule has 0 N–H and O–H groups in total. The lowest BCUT2D eigenvalue weighted by atomic mass is 9.81. The molecule has 1 saturated carbocycles. The van der Waals surface area contributed by atoms with Crippen LogP contribution in [-0.4, -0.2) is 40.5 Å². The molecule has 1 aromatic heterocycles. The Morgan fingerprint density at radius 1 is 0.978 bits per heavy atom. The summed E-state index contributed by atoms with van der Waals surface area (Å²) in [5.41, 5.74) is 3.72. The Kier molecular flexibility index (Phi) is 9.09. The van der Waals surface area contributed by atoms with E-state index in [1.165, 1.54) is 4.90 Å². The molecule has 2 heterocycles. The maximum Gasteiger partial charge on any atom is 0.339 e. The molecular formula is C35H29BrCl2N2O5. The number of rotatable bonds is 8. The van der Waals surface area contributed by atoms with Crippen LogP contribution in [0.1, 0.15) is 58.4 Å². The summed E-state index contributed by atoms with van der Waals surface area (Å²) in [6.45, 7) is 1.90. The summed E-state index contributed by atoms with van der Waals surface area (Å²) in [6, 6.07) is 18.8. The molecule has 7 nitrogen and oxygen atoms in total. The van der Waals surface area contributed by atoms with Gasteiger partial charge in [-0.25, -0.2) is 9.78 Å². The third-order valence-electron chi connectivity index (χ3n) is 8.59. The molecule has 2 fully saturated rings. The Labute approximate surface area is 279 Å². The normalized spacial score (nSPS) is 18.6. The van der Waals surface area contributed by atoms with Gasteiger partial charge in [0.2, 0.25) is 17.6 Å². The van der Waals surface area contributed by atoms with Gasteiger partial charge in [0.05, 0.1) is 34.3 Å². The number of aromatic nitrogens is 1. The fourth-order valence-electron chi connectivity index (χ4n) is 6.31. The van der Waals surface area contributed by atoms with Crippen LogP contribution in [0.2, 0.25) is 5.02 Å². The maximum absolute atomic E-state index is 13.8. The van der Waals surface area contributed by atoms with Gasteiger partial charge in [0.25, 0.3) is 0 Å². The molecule has 0 bridgehead atoms. The Balaban J connectivity index is 1.34. The Morgan fingerprint density at radius 3 is 2.24 bits per heavy atom. The van der Waals surface area contributed by atoms with Crippen LogP contribution in [0, 0.1) is 18.8 Å². The Bertz CT molecular complexity index is 1800. The monoisotopic (exact) mass is 706 g/mol. The minimum Gasteiger partial charge on any atom is -0.450 e. The molecular weight excluding hydrogens is 679 g/mol. The van der Waals surface area contributed by atoms with Crippen molar-refractivity contribution in [1.82, 2.24) is 4.98 Å². The number of esters is 1. The highest BCUT2D eigenvalue weighted by Crippen LogP contribution is 2.40. The third-order valence-corrected chi connectivity index (χ3v) is 9.52. The summed E-state index contributed by atoms with van der Waals surface area (Å²) in [5, 5.41) is 1.05. The number of halogens is 3. The predicted octanol–water partition coefficient (Wildman–Crippen LogP) is 8.34. The second kappa shape index (κ2) is 13.0. The average Bonchev–Trinajstić information content (AvgIpc) is 3.29. The van der Waals surface area contributed by atoms with Crippen LogP contribution in [-0.2, 0) is 14.3 Å². The van der Waals surface area contributed by atoms with Crippen LogP contribution in [0.4, 0.5) is 5.69 Å². The number of benzene rings is 3. The molecule has 2 amide bonds. The van der Waals surface area contributed by atoms with Crippen molar-refractivity contribution in [3.8, 4) is 11.3 Å². The molecule has 3 atom stereocenters. The first-order valence-corrected chi connectivity index (χ1v) is 16.5. The number of carbonyl (C=O) groups is 4. The number of aryl methyl sites for hydroxylation is 1. The summed E-state index contributed by atoms with van der Waals surface area (Å²) >= 11 is 15.5. The minimum absolute atomic E-state index is 0.111. The SMILES string of the molecule is Cc1cc(Br)cc2c(C(=O)OC(CCCl)C(=O)c3ccc(Cl)cc3)cc(-c3ccc(N4C(=O)C5CCCCC5C4=O)cc3)nc12. The quantitative estimate of drug-likeness (QED) is 0.0791. The predicted molar refractivity (Wildman–Crippen MR) is 178 cm³/mol. The van der Waals surface area contributed by atoms with Crippen molar-refractivity contribution in [3.05, 3.63) is 92.9 Å². The van der Waals surface area contributed by atoms with E-state index in [4.69, 9.17) is 32.9 Å². The van der Waals surface area contributed by atoms with Crippen molar-refractivity contribution in [2.24, 2.45) is 11.8 Å². The highest BCUT2D eigenvalue weighted by atomic mass is 79.9. The summed E-state index contributed by atoms with van der Waals surface area (Å²) in [6.07, 6.45) is 2.44. The van der Waals surface area contributed by atoms with E-state index >= 15 is 0 Å². The second-order valence-electron chi connectivity index (χ2n) is 11.5. The van der Waals surface area contributed by atoms with Crippen molar-refractivity contribution in [2.75, 3.05) is 10.8 Å². The smallest absolute Gasteiger partial charge is 0.339 e. The van der Waals surface area contributed by atoms with E-state index in [9.17, 15) is 19.2 Å². The Morgan fingerprint density at radius 2 is 1.62 bits per heavy atom. The standard InChI is InChI=1S/C35H29BrCl2N2O5/c1-19-16-22(36)17-27-28(35(44)45-30(14-15-37)32(41)21-6-10-23(38)11-7-21)18-29(39-31(19)27)20-8-12-24(13-9-20)40-33(42)25-4-2-3-5-26(25)34(40)43/h6-13,16-18,25-26,30H,2-5,14-15H2,1H3. The number of fused-ring (bicyclic) bond motifs is 2. The number of nitrogens with zero attached hydrogens (tertiary/aromatic N) is 2. The maximum atomic E-state index is 13.8. The van der Waals surface area contributed by atoms with Gasteiger partial charge < -0.3 is 4.74 Å². The molecule has 0 spiro atoms. The molecule has 45 heavy (non-hydrogen) atoms. The van der Waals surface area contributed by atoms with E-state index in [1.807, 2.05) is 13.0 Å². The first-order valence-electron chi connectivity index (χ1n) is 14.8. The van der Waals surface area contributed by atoms with Gasteiger partial charge in [-0.3, -0.25) is 19.3 Å². The second-order valence-corrected chi connectivity index (χ2v) is 13.2. The van der Waals surface area contributed by atoms with Gasteiger partial charge in [0.15, 0.2) is 6.10 Å². The molecule has 3 unspecified atom stereocenters. The zero-order valence-electron chi connectivity index (χ0n) is 24.4. The number of pyridine rings is 1. The number of ketones is 1. The highest BCUT2D eigenvalue weighted by Gasteiger charge is 2.48. The summed E-state index contributed by atoms with van der Waals surface area (Å²) in [5.74, 6) is -1.69. The lowest BCUT2D eigenvalue weighted by molar-refractivity contribution is -0.122. The van der Waals surface area contributed by atoms with Crippen molar-refractivity contribution >= 4 is 79.3 Å². The average molecular weight is 708 g/mol. The summed E-state index contributed by atoms with van der Waals surface area (Å²) in [7, 11) is 0. The first-order chi connectivity index (χ1) is 21.7. The molecule has 3 aromatic carbocycles. The number of imide groups is 1. The number of Topliss-reactive ketones (excluding diaryl/α,β-unsaturated/α-hetero) is 1. The molecule has 0 radical (unpaired) electrons. The third kappa shape index (κ3) is 6.16. The summed E-state index contributed by atoms with van der Waals surface area (Å²) in [4.78, 5) is 59.5. The van der Waals surface area contributed by atoms with Crippen LogP contribution in [0.15, 0.2) is 71.2 Å². The molecule has 1 saturated heterocycles. The molecule has 230 valence electrons. The fraction of sp³-hybridized carbons (Fsp3) is 0.286. The van der Waals surface area contributed by atoms with Gasteiger partial charge in [-0.15, -0.1) is 11.6 Å². The number of hydrogen-bond acceptors (Lipinski definition) is 6. The van der Waals surface area contributed by atoms with Crippen LogP contribution < -0.4 is 4.90 Å². The van der Waals surface area contributed by atoms with Gasteiger partial charge in [0, 0.05) is 38.3 Å². The minimum atomic E-state index is -1.10. The molecule has 4 aromatic rings. The first kappa shape index (κ1) is 31.4. The van der Waals surface area contributed by atoms with E-state index in [0.29, 0.717) is 38.4 Å². The summed E-state index contributed by atoms with van der Waals surface area (Å²) < 4.78 is 6.59. The van der Waals surface area contributed by atoms with Crippen molar-refractivity contribution in [3.63, 3.8) is 0 Å². The number of amides is 2. The molecule has 1 aliphatic carbocycles. The Hall–Kier alpha value is -3.59. The largest absolute Gasteiger partial charge is 0.450 e. The molecule has 2 aliphatic rings. The zero-order chi connectivity index (χ0) is 31.8. The lowest BCUT2D eigenvalue weighted by Crippen LogP contribution is -2.30. The van der Waals surface area contributed by atoms with Crippen molar-refractivity contribution in [1.29, 1.82) is 0 Å². The van der Waals surface area contributed by atoms with E-state index in [1.54, 1.807) is 60.7 Å². The number of carbonyl (C=O) groups excluding carboxylic acids is 4.